The van der Waals surface area contributed by atoms with Crippen LogP contribution in [0.2, 0.25) is 0 Å². The second-order valence-electron chi connectivity index (χ2n) is 6.80. The predicted octanol–water partition coefficient (Wildman–Crippen LogP) is 2.70. The van der Waals surface area contributed by atoms with Gasteiger partial charge in [0, 0.05) is 0 Å². The minimum Gasteiger partial charge on any atom is -0.744 e. The van der Waals surface area contributed by atoms with E-state index in [-0.39, 0.29) is 55.5 Å². The summed E-state index contributed by atoms with van der Waals surface area (Å²) < 4.78 is 93.5. The first kappa shape index (κ1) is 32.7. The van der Waals surface area contributed by atoms with Crippen molar-refractivity contribution >= 4 is 30.4 Å². The normalized spacial score (nSPS) is 11.1. The molecule has 0 atom stereocenters. The smallest absolute Gasteiger partial charge is 0.744 e. The van der Waals surface area contributed by atoms with Crippen LogP contribution in [0.1, 0.15) is 16.7 Å². The predicted molar refractivity (Wildman–Crippen MR) is 117 cm³/mol. The van der Waals surface area contributed by atoms with Crippen LogP contribution in [0.4, 0.5) is 0 Å². The number of benzene rings is 3. The molecular weight excluding hydrogens is 637 g/mol. The molecule has 0 saturated heterocycles. The molecule has 0 fully saturated rings. The Kier molecular flexibility index (Phi) is 13.2. The summed E-state index contributed by atoms with van der Waals surface area (Å²) in [5.74, 6) is 0. The Morgan fingerprint density at radius 1 is 0.412 bits per heavy atom. The number of aryl methyl sites for hydroxylation is 3. The molecule has 3 aromatic rings. The molecule has 0 aromatic heterocycles. The van der Waals surface area contributed by atoms with Gasteiger partial charge in [0.25, 0.3) is 0 Å². The molecule has 0 spiro atoms. The Balaban J connectivity index is 0.000000473. The van der Waals surface area contributed by atoms with E-state index in [2.05, 4.69) is 0 Å². The van der Waals surface area contributed by atoms with Gasteiger partial charge in [-0.15, -0.1) is 0 Å². The van der Waals surface area contributed by atoms with Gasteiger partial charge in [0.1, 0.15) is 30.4 Å². The zero-order valence-corrected chi connectivity index (χ0v) is 24.0. The molecule has 0 N–H and O–H groups in total. The summed E-state index contributed by atoms with van der Waals surface area (Å²) in [6.45, 7) is 5.46. The average molecular weight is 658 g/mol. The maximum absolute atomic E-state index is 10.4. The maximum Gasteiger partial charge on any atom is 3.00 e. The van der Waals surface area contributed by atoms with Gasteiger partial charge in [0.15, 0.2) is 0 Å². The van der Waals surface area contributed by atoms with Gasteiger partial charge in [0.2, 0.25) is 0 Å². The summed E-state index contributed by atoms with van der Waals surface area (Å²) in [5, 5.41) is 0. The summed E-state index contributed by atoms with van der Waals surface area (Å²) in [6, 6.07) is 17.3. The summed E-state index contributed by atoms with van der Waals surface area (Å²) >= 11 is 0. The van der Waals surface area contributed by atoms with Crippen molar-refractivity contribution in [1.29, 1.82) is 0 Å². The van der Waals surface area contributed by atoms with Crippen LogP contribution in [0, 0.1) is 61.6 Å². The van der Waals surface area contributed by atoms with Crippen molar-refractivity contribution < 1.29 is 79.8 Å². The summed E-state index contributed by atoms with van der Waals surface area (Å²) in [4.78, 5) is -0.533. The van der Waals surface area contributed by atoms with Crippen molar-refractivity contribution in [2.24, 2.45) is 0 Å². The van der Waals surface area contributed by atoms with E-state index in [1.54, 1.807) is 36.4 Å². The fourth-order valence-electron chi connectivity index (χ4n) is 2.11. The summed E-state index contributed by atoms with van der Waals surface area (Å²) in [6.07, 6.45) is 0. The molecule has 1 radical (unpaired) electrons. The quantitative estimate of drug-likeness (QED) is 0.384. The van der Waals surface area contributed by atoms with Gasteiger partial charge in [-0.2, -0.15) is 0 Å². The van der Waals surface area contributed by atoms with E-state index < -0.39 is 30.4 Å². The Hall–Kier alpha value is -1.26. The zero-order valence-electron chi connectivity index (χ0n) is 18.3. The van der Waals surface area contributed by atoms with Gasteiger partial charge < -0.3 is 13.7 Å². The van der Waals surface area contributed by atoms with Gasteiger partial charge in [-0.1, -0.05) is 53.1 Å². The maximum atomic E-state index is 10.4. The minimum atomic E-state index is -4.27. The first-order chi connectivity index (χ1) is 15.0. The van der Waals surface area contributed by atoms with Crippen LogP contribution < -0.4 is 0 Å². The van der Waals surface area contributed by atoms with Crippen LogP contribution in [-0.4, -0.2) is 38.9 Å². The fraction of sp³-hybridized carbons (Fsp3) is 0.143. The third-order valence-electron chi connectivity index (χ3n) is 3.93. The molecule has 0 bridgehead atoms. The molecule has 9 nitrogen and oxygen atoms in total. The van der Waals surface area contributed by atoms with Gasteiger partial charge in [-0.05, 0) is 57.2 Å². The molecule has 0 amide bonds. The summed E-state index contributed by atoms with van der Waals surface area (Å²) in [5.41, 5.74) is 2.78. The Morgan fingerprint density at radius 3 is 0.676 bits per heavy atom. The van der Waals surface area contributed by atoms with Gasteiger partial charge >= 0.3 is 40.8 Å². The number of rotatable bonds is 3. The van der Waals surface area contributed by atoms with Crippen LogP contribution in [0.25, 0.3) is 0 Å². The van der Waals surface area contributed by atoms with Gasteiger partial charge in [-0.3, -0.25) is 0 Å². The average Bonchev–Trinajstić information content (AvgIpc) is 2.68. The third kappa shape index (κ3) is 12.4. The molecule has 0 heterocycles. The molecule has 0 unspecified atom stereocenters. The molecule has 0 aliphatic heterocycles. The van der Waals surface area contributed by atoms with Crippen LogP contribution in [-0.2, 0) is 30.4 Å². The van der Waals surface area contributed by atoms with Crippen molar-refractivity contribution in [3.8, 4) is 0 Å². The second kappa shape index (κ2) is 13.7. The molecule has 13 heteroatoms. The largest absolute Gasteiger partial charge is 3.00 e. The molecule has 181 valence electrons. The van der Waals surface area contributed by atoms with Crippen molar-refractivity contribution in [1.82, 2.24) is 0 Å². The van der Waals surface area contributed by atoms with Gasteiger partial charge in [0.05, 0.1) is 14.7 Å². The van der Waals surface area contributed by atoms with Crippen LogP contribution >= 0.6 is 0 Å². The number of hydrogen-bond acceptors (Lipinski definition) is 9. The van der Waals surface area contributed by atoms with Crippen LogP contribution in [0.3, 0.4) is 0 Å². The van der Waals surface area contributed by atoms with Crippen molar-refractivity contribution in [3.05, 3.63) is 89.5 Å². The molecule has 0 aliphatic rings. The topological polar surface area (TPSA) is 172 Å². The van der Waals surface area contributed by atoms with E-state index in [1.807, 2.05) is 20.8 Å². The molecular formula is C21H21NdO9S3. The van der Waals surface area contributed by atoms with E-state index in [9.17, 15) is 38.9 Å². The van der Waals surface area contributed by atoms with E-state index >= 15 is 0 Å². The molecule has 0 saturated carbocycles. The van der Waals surface area contributed by atoms with Crippen molar-refractivity contribution in [2.45, 2.75) is 35.5 Å². The molecule has 0 aliphatic carbocycles. The van der Waals surface area contributed by atoms with Crippen LogP contribution in [0.15, 0.2) is 87.5 Å². The third-order valence-corrected chi connectivity index (χ3v) is 6.48. The van der Waals surface area contributed by atoms with Gasteiger partial charge in [-0.25, -0.2) is 25.3 Å². The van der Waals surface area contributed by atoms with E-state index in [4.69, 9.17) is 0 Å². The van der Waals surface area contributed by atoms with E-state index in [0.29, 0.717) is 0 Å². The van der Waals surface area contributed by atoms with Crippen LogP contribution in [0.5, 0.6) is 0 Å². The Morgan fingerprint density at radius 2 is 0.559 bits per heavy atom. The Bertz CT molecular complexity index is 1190. The molecule has 3 aromatic carbocycles. The number of hydrogen-bond donors (Lipinski definition) is 0. The minimum absolute atomic E-state index is 0. The summed E-state index contributed by atoms with van der Waals surface area (Å²) in [7, 11) is -12.8. The zero-order chi connectivity index (χ0) is 25.4. The molecule has 3 rings (SSSR count). The fourth-order valence-corrected chi connectivity index (χ4v) is 3.52. The van der Waals surface area contributed by atoms with Crippen molar-refractivity contribution in [3.63, 3.8) is 0 Å². The molecule has 34 heavy (non-hydrogen) atoms. The SMILES string of the molecule is Cc1ccc(S(=O)(=O)[O-])cc1.Cc1ccc(S(=O)(=O)[O-])cc1.Cc1ccc(S(=O)(=O)[O-])cc1.[Nd+3]. The van der Waals surface area contributed by atoms with E-state index in [0.717, 1.165) is 16.7 Å². The van der Waals surface area contributed by atoms with Crippen molar-refractivity contribution in [2.75, 3.05) is 0 Å². The first-order valence-electron chi connectivity index (χ1n) is 9.08. The standard InChI is InChI=1S/3C7H8O3S.Nd/c3*1-6-2-4-7(5-3-6)11(8,9)10;/h3*2-5H,1H3,(H,8,9,10);/q;;;+3/p-3. The second-order valence-corrected chi connectivity index (χ2v) is 10.9. The monoisotopic (exact) mass is 655 g/mol. The van der Waals surface area contributed by atoms with E-state index in [1.165, 1.54) is 36.4 Å². The first-order valence-corrected chi connectivity index (χ1v) is 13.3. The Labute approximate surface area is 233 Å².